The van der Waals surface area contributed by atoms with Gasteiger partial charge in [-0.2, -0.15) is 4.98 Å². The topological polar surface area (TPSA) is 108 Å². The number of benzene rings is 1. The molecular weight excluding hydrogens is 494 g/mol. The summed E-state index contributed by atoms with van der Waals surface area (Å²) in [4.78, 5) is 31.9. The number of aromatic nitrogens is 3. The minimum Gasteiger partial charge on any atom is -0.484 e. The molecule has 2 aromatic rings. The van der Waals surface area contributed by atoms with Gasteiger partial charge in [-0.05, 0) is 37.5 Å². The van der Waals surface area contributed by atoms with Crippen molar-refractivity contribution >= 4 is 29.6 Å². The van der Waals surface area contributed by atoms with Crippen molar-refractivity contribution < 1.29 is 23.8 Å². The molecule has 10 nitrogen and oxygen atoms in total. The van der Waals surface area contributed by atoms with Crippen molar-refractivity contribution in [1.29, 1.82) is 0 Å². The van der Waals surface area contributed by atoms with Crippen molar-refractivity contribution in [1.82, 2.24) is 19.7 Å². The first-order valence-electron chi connectivity index (χ1n) is 12.8. The minimum absolute atomic E-state index is 0.0358. The van der Waals surface area contributed by atoms with E-state index < -0.39 is 6.04 Å². The molecule has 200 valence electrons. The molecular formula is C26H35N5O5S. The van der Waals surface area contributed by atoms with Gasteiger partial charge in [-0.1, -0.05) is 44.2 Å². The van der Waals surface area contributed by atoms with Crippen LogP contribution in [-0.4, -0.2) is 76.8 Å². The van der Waals surface area contributed by atoms with Gasteiger partial charge in [0, 0.05) is 24.5 Å². The van der Waals surface area contributed by atoms with Gasteiger partial charge in [0.15, 0.2) is 6.61 Å². The molecule has 1 aromatic carbocycles. The second kappa shape index (κ2) is 13.0. The lowest BCUT2D eigenvalue weighted by molar-refractivity contribution is -0.139. The Kier molecular flexibility index (Phi) is 9.45. The normalized spacial score (nSPS) is 17.3. The van der Waals surface area contributed by atoms with E-state index in [1.807, 2.05) is 38.1 Å². The molecule has 0 saturated carbocycles. The number of carbonyl (C=O) groups excluding carboxylic acids is 2. The first-order chi connectivity index (χ1) is 18.0. The van der Waals surface area contributed by atoms with Crippen LogP contribution >= 0.6 is 11.8 Å². The Labute approximate surface area is 221 Å². The third-order valence-electron chi connectivity index (χ3n) is 6.14. The molecule has 0 bridgehead atoms. The summed E-state index contributed by atoms with van der Waals surface area (Å²) in [6, 6.07) is 6.89. The molecule has 1 fully saturated rings. The summed E-state index contributed by atoms with van der Waals surface area (Å²) >= 11 is 1.60. The average molecular weight is 530 g/mol. The third kappa shape index (κ3) is 6.64. The van der Waals surface area contributed by atoms with Crippen LogP contribution in [0, 0.1) is 0 Å². The van der Waals surface area contributed by atoms with Gasteiger partial charge in [0.2, 0.25) is 11.1 Å². The quantitative estimate of drug-likeness (QED) is 0.265. The Balaban J connectivity index is 1.55. The summed E-state index contributed by atoms with van der Waals surface area (Å²) in [6.07, 6.45) is 2.91. The molecule has 1 amide bonds. The summed E-state index contributed by atoms with van der Waals surface area (Å²) in [5.74, 6) is 1.65. The first-order valence-corrected chi connectivity index (χ1v) is 13.8. The van der Waals surface area contributed by atoms with Gasteiger partial charge in [0.25, 0.3) is 5.91 Å². The molecule has 4 rings (SSSR count). The number of morpholine rings is 1. The van der Waals surface area contributed by atoms with E-state index in [1.165, 1.54) is 0 Å². The lowest BCUT2D eigenvalue weighted by Crippen LogP contribution is -2.42. The van der Waals surface area contributed by atoms with Crippen LogP contribution in [0.5, 0.6) is 5.75 Å². The van der Waals surface area contributed by atoms with Crippen LogP contribution in [0.1, 0.15) is 51.6 Å². The Morgan fingerprint density at radius 3 is 2.62 bits per heavy atom. The van der Waals surface area contributed by atoms with E-state index in [-0.39, 0.29) is 18.5 Å². The number of carbonyl (C=O) groups is 2. The SMILES string of the molecule is CCCCSc1nc2n(n1)C(c1ccc(OCC(=O)N3CCOCC3)cc1)C(C(=O)OCCC)=C(C)N2. The number of amides is 1. The van der Waals surface area contributed by atoms with E-state index >= 15 is 0 Å². The highest BCUT2D eigenvalue weighted by Crippen LogP contribution is 2.37. The summed E-state index contributed by atoms with van der Waals surface area (Å²) < 4.78 is 18.3. The zero-order valence-electron chi connectivity index (χ0n) is 21.7. The number of rotatable bonds is 11. The Bertz CT molecular complexity index is 1110. The van der Waals surface area contributed by atoms with Gasteiger partial charge in [-0.3, -0.25) is 4.79 Å². The van der Waals surface area contributed by atoms with Crippen LogP contribution in [0.4, 0.5) is 5.95 Å². The Hall–Kier alpha value is -3.05. The van der Waals surface area contributed by atoms with Crippen molar-refractivity contribution in [2.75, 3.05) is 50.6 Å². The monoisotopic (exact) mass is 529 g/mol. The smallest absolute Gasteiger partial charge is 0.338 e. The molecule has 1 atom stereocenters. The predicted molar refractivity (Wildman–Crippen MR) is 141 cm³/mol. The number of esters is 1. The van der Waals surface area contributed by atoms with E-state index in [0.29, 0.717) is 61.0 Å². The number of anilines is 1. The van der Waals surface area contributed by atoms with Crippen LogP contribution in [-0.2, 0) is 19.1 Å². The zero-order chi connectivity index (χ0) is 26.2. The zero-order valence-corrected chi connectivity index (χ0v) is 22.5. The second-order valence-electron chi connectivity index (χ2n) is 8.92. The van der Waals surface area contributed by atoms with Crippen molar-refractivity contribution in [3.63, 3.8) is 0 Å². The van der Waals surface area contributed by atoms with Crippen LogP contribution in [0.3, 0.4) is 0 Å². The molecule has 2 aliphatic heterocycles. The summed E-state index contributed by atoms with van der Waals surface area (Å²) in [5, 5.41) is 8.63. The van der Waals surface area contributed by atoms with E-state index in [4.69, 9.17) is 19.3 Å². The maximum absolute atomic E-state index is 13.1. The molecule has 0 spiro atoms. The van der Waals surface area contributed by atoms with E-state index in [2.05, 4.69) is 17.2 Å². The van der Waals surface area contributed by atoms with Crippen molar-refractivity contribution in [2.45, 2.75) is 51.2 Å². The minimum atomic E-state index is -0.502. The highest BCUT2D eigenvalue weighted by Gasteiger charge is 2.35. The van der Waals surface area contributed by atoms with Gasteiger partial charge in [0.05, 0.1) is 25.4 Å². The number of nitrogens with one attached hydrogen (secondary N) is 1. The second-order valence-corrected chi connectivity index (χ2v) is 9.98. The van der Waals surface area contributed by atoms with E-state index in [1.54, 1.807) is 21.3 Å². The fraction of sp³-hybridized carbons (Fsp3) is 0.538. The molecule has 1 saturated heterocycles. The highest BCUT2D eigenvalue weighted by molar-refractivity contribution is 7.99. The maximum atomic E-state index is 13.1. The maximum Gasteiger partial charge on any atom is 0.338 e. The molecule has 0 radical (unpaired) electrons. The predicted octanol–water partition coefficient (Wildman–Crippen LogP) is 3.65. The number of hydrogen-bond acceptors (Lipinski definition) is 9. The highest BCUT2D eigenvalue weighted by atomic mass is 32.2. The largest absolute Gasteiger partial charge is 0.484 e. The van der Waals surface area contributed by atoms with E-state index in [9.17, 15) is 9.59 Å². The van der Waals surface area contributed by atoms with Crippen LogP contribution < -0.4 is 10.1 Å². The fourth-order valence-corrected chi connectivity index (χ4v) is 5.05. The van der Waals surface area contributed by atoms with Crippen LogP contribution in [0.2, 0.25) is 0 Å². The molecule has 2 aliphatic rings. The summed E-state index contributed by atoms with van der Waals surface area (Å²) in [6.45, 7) is 8.54. The number of nitrogens with zero attached hydrogens (tertiary/aromatic N) is 4. The van der Waals surface area contributed by atoms with Crippen LogP contribution in [0.15, 0.2) is 40.7 Å². The molecule has 11 heteroatoms. The van der Waals surface area contributed by atoms with Crippen LogP contribution in [0.25, 0.3) is 0 Å². The van der Waals surface area contributed by atoms with Gasteiger partial charge < -0.3 is 24.4 Å². The number of allylic oxidation sites excluding steroid dienone is 1. The van der Waals surface area contributed by atoms with Crippen molar-refractivity contribution in [3.05, 3.63) is 41.1 Å². The standard InChI is InChI=1S/C26H35N5O5S/c1-4-6-16-37-26-28-25-27-18(3)22(24(33)35-13-5-2)23(31(25)29-26)19-7-9-20(10-8-19)36-17-21(32)30-11-14-34-15-12-30/h7-10,23H,4-6,11-17H2,1-3H3,(H,27,28,29). The first kappa shape index (κ1) is 27.0. The van der Waals surface area contributed by atoms with Crippen molar-refractivity contribution in [2.24, 2.45) is 0 Å². The molecule has 1 aromatic heterocycles. The van der Waals surface area contributed by atoms with Gasteiger partial charge in [0.1, 0.15) is 11.8 Å². The number of unbranched alkanes of at least 4 members (excludes halogenated alkanes) is 1. The van der Waals surface area contributed by atoms with Gasteiger partial charge in [-0.15, -0.1) is 5.10 Å². The summed E-state index contributed by atoms with van der Waals surface area (Å²) in [5.41, 5.74) is 2.02. The summed E-state index contributed by atoms with van der Waals surface area (Å²) in [7, 11) is 0. The molecule has 0 aliphatic carbocycles. The molecule has 37 heavy (non-hydrogen) atoms. The van der Waals surface area contributed by atoms with E-state index in [0.717, 1.165) is 30.6 Å². The molecule has 1 unspecified atom stereocenters. The number of hydrogen-bond donors (Lipinski definition) is 1. The Morgan fingerprint density at radius 1 is 1.16 bits per heavy atom. The number of ether oxygens (including phenoxy) is 3. The third-order valence-corrected chi connectivity index (χ3v) is 7.07. The lowest BCUT2D eigenvalue weighted by atomic mass is 9.96. The van der Waals surface area contributed by atoms with Crippen molar-refractivity contribution in [3.8, 4) is 5.75 Å². The number of fused-ring (bicyclic) bond motifs is 1. The van der Waals surface area contributed by atoms with Gasteiger partial charge >= 0.3 is 5.97 Å². The number of thioether (sulfide) groups is 1. The molecule has 3 heterocycles. The Morgan fingerprint density at radius 2 is 1.92 bits per heavy atom. The van der Waals surface area contributed by atoms with Gasteiger partial charge in [-0.25, -0.2) is 9.48 Å². The lowest BCUT2D eigenvalue weighted by Gasteiger charge is -2.28. The fourth-order valence-electron chi connectivity index (χ4n) is 4.14. The molecule has 1 N–H and O–H groups in total. The average Bonchev–Trinajstić information content (AvgIpc) is 3.32.